The molecule has 2 aromatic carbocycles. The van der Waals surface area contributed by atoms with E-state index in [2.05, 4.69) is 27.3 Å². The molecular weight excluding hydrogens is 324 g/mol. The Morgan fingerprint density at radius 3 is 2.68 bits per heavy atom. The second kappa shape index (κ2) is 6.10. The summed E-state index contributed by atoms with van der Waals surface area (Å²) in [4.78, 5) is 0. The lowest BCUT2D eigenvalue weighted by Crippen LogP contribution is -2.02. The molecule has 0 heterocycles. The molecule has 0 unspecified atom stereocenters. The Hall–Kier alpha value is -1.50. The van der Waals surface area contributed by atoms with E-state index in [1.54, 1.807) is 12.1 Å². The zero-order chi connectivity index (χ0) is 13.8. The lowest BCUT2D eigenvalue weighted by atomic mass is 10.1. The summed E-state index contributed by atoms with van der Waals surface area (Å²) in [5.74, 6) is 0. The van der Waals surface area contributed by atoms with Crippen LogP contribution in [0.1, 0.15) is 16.7 Å². The number of hydrogen-bond donors (Lipinski definition) is 1. The third-order valence-electron chi connectivity index (χ3n) is 2.87. The van der Waals surface area contributed by atoms with E-state index in [0.717, 1.165) is 20.7 Å². The van der Waals surface area contributed by atoms with Crippen LogP contribution in [-0.2, 0) is 6.54 Å². The first-order valence-corrected chi connectivity index (χ1v) is 6.96. The van der Waals surface area contributed by atoms with E-state index in [4.69, 9.17) is 16.9 Å². The molecule has 0 aliphatic rings. The molecule has 0 spiro atoms. The Balaban J connectivity index is 2.13. The van der Waals surface area contributed by atoms with Gasteiger partial charge >= 0.3 is 0 Å². The van der Waals surface area contributed by atoms with Crippen LogP contribution in [0.4, 0.5) is 5.69 Å². The van der Waals surface area contributed by atoms with Crippen LogP contribution >= 0.6 is 27.5 Å². The van der Waals surface area contributed by atoms with Crippen molar-refractivity contribution in [2.75, 3.05) is 5.32 Å². The summed E-state index contributed by atoms with van der Waals surface area (Å²) in [7, 11) is 0. The molecule has 0 bridgehead atoms. The van der Waals surface area contributed by atoms with Crippen molar-refractivity contribution in [1.29, 1.82) is 5.26 Å². The molecule has 2 nitrogen and oxygen atoms in total. The number of nitrogens with one attached hydrogen (secondary N) is 1. The van der Waals surface area contributed by atoms with E-state index in [9.17, 15) is 0 Å². The summed E-state index contributed by atoms with van der Waals surface area (Å²) in [6.07, 6.45) is 0. The van der Waals surface area contributed by atoms with Gasteiger partial charge in [0.1, 0.15) is 0 Å². The summed E-state index contributed by atoms with van der Waals surface area (Å²) < 4.78 is 0.887. The second-order valence-electron chi connectivity index (χ2n) is 4.23. The maximum atomic E-state index is 8.82. The zero-order valence-electron chi connectivity index (χ0n) is 10.4. The average Bonchev–Trinajstić information content (AvgIpc) is 2.39. The maximum Gasteiger partial charge on any atom is 0.0992 e. The first-order valence-electron chi connectivity index (χ1n) is 5.78. The Morgan fingerprint density at radius 2 is 2.05 bits per heavy atom. The average molecular weight is 336 g/mol. The molecule has 1 N–H and O–H groups in total. The Bertz CT molecular complexity index is 647. The number of rotatable bonds is 3. The Labute approximate surface area is 126 Å². The van der Waals surface area contributed by atoms with Gasteiger partial charge in [-0.15, -0.1) is 0 Å². The number of nitriles is 1. The van der Waals surface area contributed by atoms with Gasteiger partial charge in [0.05, 0.1) is 11.6 Å². The third kappa shape index (κ3) is 3.50. The minimum atomic E-state index is 0.639. The molecule has 4 heteroatoms. The molecule has 0 aromatic heterocycles. The molecule has 0 aliphatic carbocycles. The number of benzene rings is 2. The molecule has 0 aliphatic heterocycles. The van der Waals surface area contributed by atoms with Crippen molar-refractivity contribution in [2.24, 2.45) is 0 Å². The largest absolute Gasteiger partial charge is 0.380 e. The molecule has 0 radical (unpaired) electrons. The van der Waals surface area contributed by atoms with Crippen molar-refractivity contribution in [1.82, 2.24) is 0 Å². The van der Waals surface area contributed by atoms with Gasteiger partial charge in [-0.2, -0.15) is 5.26 Å². The summed E-state index contributed by atoms with van der Waals surface area (Å²) in [6.45, 7) is 2.75. The van der Waals surface area contributed by atoms with Crippen LogP contribution in [0, 0.1) is 18.3 Å². The highest BCUT2D eigenvalue weighted by Crippen LogP contribution is 2.24. The number of nitrogens with zero attached hydrogens (tertiary/aromatic N) is 1. The van der Waals surface area contributed by atoms with E-state index < -0.39 is 0 Å². The molecular formula is C15H12BrClN2. The maximum absolute atomic E-state index is 8.82. The SMILES string of the molecule is Cc1cc(Cl)ccc1CNc1ccc(C#N)cc1Br. The second-order valence-corrected chi connectivity index (χ2v) is 5.52. The molecule has 0 saturated carbocycles. The van der Waals surface area contributed by atoms with Crippen LogP contribution in [0.15, 0.2) is 40.9 Å². The van der Waals surface area contributed by atoms with Gasteiger partial charge in [0.25, 0.3) is 0 Å². The van der Waals surface area contributed by atoms with Crippen molar-refractivity contribution in [3.8, 4) is 6.07 Å². The smallest absolute Gasteiger partial charge is 0.0992 e. The van der Waals surface area contributed by atoms with Crippen LogP contribution in [0.3, 0.4) is 0 Å². The number of anilines is 1. The van der Waals surface area contributed by atoms with Crippen molar-refractivity contribution >= 4 is 33.2 Å². The lowest BCUT2D eigenvalue weighted by molar-refractivity contribution is 1.12. The van der Waals surface area contributed by atoms with Gasteiger partial charge in [-0.25, -0.2) is 0 Å². The van der Waals surface area contributed by atoms with E-state index in [1.807, 2.05) is 31.2 Å². The normalized spacial score (nSPS) is 10.0. The van der Waals surface area contributed by atoms with Crippen molar-refractivity contribution in [3.63, 3.8) is 0 Å². The standard InChI is InChI=1S/C15H12BrClN2/c1-10-6-13(17)4-3-12(10)9-19-15-5-2-11(8-18)7-14(15)16/h2-7,19H,9H2,1H3. The fourth-order valence-electron chi connectivity index (χ4n) is 1.78. The molecule has 19 heavy (non-hydrogen) atoms. The van der Waals surface area contributed by atoms with Crippen LogP contribution in [0.2, 0.25) is 5.02 Å². The van der Waals surface area contributed by atoms with Gasteiger partial charge in [-0.05, 0) is 64.3 Å². The fourth-order valence-corrected chi connectivity index (χ4v) is 2.52. The van der Waals surface area contributed by atoms with E-state index in [-0.39, 0.29) is 0 Å². The molecule has 2 rings (SSSR count). The monoisotopic (exact) mass is 334 g/mol. The summed E-state index contributed by atoms with van der Waals surface area (Å²) in [6, 6.07) is 13.5. The molecule has 0 atom stereocenters. The molecule has 0 fully saturated rings. The first-order chi connectivity index (χ1) is 9.10. The summed E-state index contributed by atoms with van der Waals surface area (Å²) >= 11 is 9.39. The Morgan fingerprint density at radius 1 is 1.26 bits per heavy atom. The van der Waals surface area contributed by atoms with Gasteiger partial charge in [-0.1, -0.05) is 17.7 Å². The quantitative estimate of drug-likeness (QED) is 0.866. The highest BCUT2D eigenvalue weighted by molar-refractivity contribution is 9.10. The number of aryl methyl sites for hydroxylation is 1. The zero-order valence-corrected chi connectivity index (χ0v) is 12.7. The third-order valence-corrected chi connectivity index (χ3v) is 3.76. The van der Waals surface area contributed by atoms with E-state index in [1.165, 1.54) is 5.56 Å². The van der Waals surface area contributed by atoms with Crippen molar-refractivity contribution in [3.05, 3.63) is 62.6 Å². The fraction of sp³-hybridized carbons (Fsp3) is 0.133. The van der Waals surface area contributed by atoms with Crippen molar-refractivity contribution in [2.45, 2.75) is 13.5 Å². The Kier molecular flexibility index (Phi) is 4.47. The van der Waals surface area contributed by atoms with Crippen LogP contribution < -0.4 is 5.32 Å². The summed E-state index contributed by atoms with van der Waals surface area (Å²) in [5.41, 5.74) is 3.96. The molecule has 96 valence electrons. The highest BCUT2D eigenvalue weighted by Gasteiger charge is 2.03. The predicted molar refractivity (Wildman–Crippen MR) is 82.4 cm³/mol. The van der Waals surface area contributed by atoms with Crippen molar-refractivity contribution < 1.29 is 0 Å². The molecule has 2 aromatic rings. The van der Waals surface area contributed by atoms with Gasteiger partial charge < -0.3 is 5.32 Å². The van der Waals surface area contributed by atoms with Crippen LogP contribution in [0.25, 0.3) is 0 Å². The van der Waals surface area contributed by atoms with Gasteiger partial charge in [0, 0.05) is 21.7 Å². The minimum Gasteiger partial charge on any atom is -0.380 e. The number of hydrogen-bond acceptors (Lipinski definition) is 2. The van der Waals surface area contributed by atoms with Crippen LogP contribution in [0.5, 0.6) is 0 Å². The predicted octanol–water partition coefficient (Wildman–Crippen LogP) is 4.89. The molecule has 0 saturated heterocycles. The van der Waals surface area contributed by atoms with E-state index >= 15 is 0 Å². The van der Waals surface area contributed by atoms with Gasteiger partial charge in [-0.3, -0.25) is 0 Å². The highest BCUT2D eigenvalue weighted by atomic mass is 79.9. The lowest BCUT2D eigenvalue weighted by Gasteiger charge is -2.11. The number of halogens is 2. The topological polar surface area (TPSA) is 35.8 Å². The summed E-state index contributed by atoms with van der Waals surface area (Å²) in [5, 5.41) is 12.9. The van der Waals surface area contributed by atoms with Gasteiger partial charge in [0.2, 0.25) is 0 Å². The molecule has 0 amide bonds. The van der Waals surface area contributed by atoms with Crippen LogP contribution in [-0.4, -0.2) is 0 Å². The minimum absolute atomic E-state index is 0.639. The van der Waals surface area contributed by atoms with Gasteiger partial charge in [0.15, 0.2) is 0 Å². The van der Waals surface area contributed by atoms with E-state index in [0.29, 0.717) is 12.1 Å². The first kappa shape index (κ1) is 13.9.